The number of aliphatic hydroxyl groups is 1. The molecule has 1 saturated carbocycles. The largest absolute Gasteiger partial charge is 0.387 e. The summed E-state index contributed by atoms with van der Waals surface area (Å²) >= 11 is 1.79. The number of nitrogens with one attached hydrogen (secondary N) is 3. The Kier molecular flexibility index (Phi) is 7.87. The number of hydrogen-bond acceptors (Lipinski definition) is 4. The number of thioether (sulfide) groups is 1. The number of rotatable bonds is 6. The van der Waals surface area contributed by atoms with E-state index in [4.69, 9.17) is 0 Å². The Morgan fingerprint density at radius 1 is 1.40 bits per heavy atom. The third kappa shape index (κ3) is 6.70. The van der Waals surface area contributed by atoms with Crippen molar-refractivity contribution in [3.8, 4) is 0 Å². The lowest BCUT2D eigenvalue weighted by atomic mass is 9.85. The van der Waals surface area contributed by atoms with Crippen molar-refractivity contribution in [3.63, 3.8) is 0 Å². The zero-order valence-corrected chi connectivity index (χ0v) is 16.6. The standard InChI is InChI=1S/C18H34N4O2S/c1-4-19-17(20-11-18(24)8-9-25-12-18)22-15-7-5-6-14(10-15)16(23)21-13(2)3/h13-15,24H,4-12H2,1-3H3,(H,21,23)(H2,19,20,22). The molecule has 1 heterocycles. The summed E-state index contributed by atoms with van der Waals surface area (Å²) in [5.41, 5.74) is -0.667. The molecule has 3 unspecified atom stereocenters. The molecule has 0 aromatic rings. The summed E-state index contributed by atoms with van der Waals surface area (Å²) in [7, 11) is 0. The van der Waals surface area contributed by atoms with Crippen molar-refractivity contribution in [1.29, 1.82) is 0 Å². The molecule has 0 spiro atoms. The van der Waals surface area contributed by atoms with Crippen LogP contribution in [0, 0.1) is 5.92 Å². The average Bonchev–Trinajstić information content (AvgIpc) is 3.00. The van der Waals surface area contributed by atoms with Crippen LogP contribution < -0.4 is 16.0 Å². The van der Waals surface area contributed by atoms with E-state index in [1.165, 1.54) is 0 Å². The molecular weight excluding hydrogens is 336 g/mol. The van der Waals surface area contributed by atoms with E-state index in [-0.39, 0.29) is 23.9 Å². The second-order valence-electron chi connectivity index (χ2n) is 7.59. The molecule has 7 heteroatoms. The van der Waals surface area contributed by atoms with Crippen LogP contribution >= 0.6 is 11.8 Å². The predicted octanol–water partition coefficient (Wildman–Crippen LogP) is 1.49. The van der Waals surface area contributed by atoms with Gasteiger partial charge in [-0.1, -0.05) is 6.42 Å². The van der Waals surface area contributed by atoms with Crippen LogP contribution in [0.3, 0.4) is 0 Å². The maximum atomic E-state index is 12.3. The molecule has 144 valence electrons. The summed E-state index contributed by atoms with van der Waals surface area (Å²) in [6.07, 6.45) is 4.70. The number of aliphatic imine (C=N–C) groups is 1. The third-order valence-corrected chi connectivity index (χ3v) is 6.01. The Morgan fingerprint density at radius 2 is 2.20 bits per heavy atom. The van der Waals surface area contributed by atoms with Crippen LogP contribution in [-0.2, 0) is 4.79 Å². The van der Waals surface area contributed by atoms with Crippen LogP contribution in [0.4, 0.5) is 0 Å². The van der Waals surface area contributed by atoms with Gasteiger partial charge < -0.3 is 21.1 Å². The Balaban J connectivity index is 1.90. The molecule has 3 atom stereocenters. The fourth-order valence-corrected chi connectivity index (χ4v) is 4.71. The minimum absolute atomic E-state index is 0.0759. The molecule has 0 aromatic carbocycles. The zero-order chi connectivity index (χ0) is 18.3. The van der Waals surface area contributed by atoms with Gasteiger partial charge in [0, 0.05) is 30.3 Å². The van der Waals surface area contributed by atoms with Gasteiger partial charge in [0.05, 0.1) is 12.1 Å². The highest BCUT2D eigenvalue weighted by molar-refractivity contribution is 7.99. The summed E-state index contributed by atoms with van der Waals surface area (Å²) in [5, 5.41) is 20.3. The molecule has 1 amide bonds. The van der Waals surface area contributed by atoms with Gasteiger partial charge >= 0.3 is 0 Å². The van der Waals surface area contributed by atoms with Crippen molar-refractivity contribution in [3.05, 3.63) is 0 Å². The van der Waals surface area contributed by atoms with Gasteiger partial charge in [-0.25, -0.2) is 0 Å². The molecule has 1 aliphatic carbocycles. The second kappa shape index (κ2) is 9.67. The molecular formula is C18H34N4O2S. The molecule has 1 aliphatic heterocycles. The van der Waals surface area contributed by atoms with Gasteiger partial charge in [-0.15, -0.1) is 0 Å². The molecule has 4 N–H and O–H groups in total. The smallest absolute Gasteiger partial charge is 0.223 e. The Morgan fingerprint density at radius 3 is 2.84 bits per heavy atom. The fourth-order valence-electron chi connectivity index (χ4n) is 3.42. The van der Waals surface area contributed by atoms with E-state index in [1.54, 1.807) is 11.8 Å². The van der Waals surface area contributed by atoms with Gasteiger partial charge in [-0.05, 0) is 52.2 Å². The predicted molar refractivity (Wildman–Crippen MR) is 105 cm³/mol. The first-order valence-corrected chi connectivity index (χ1v) is 10.7. The minimum Gasteiger partial charge on any atom is -0.387 e. The van der Waals surface area contributed by atoms with Crippen LogP contribution in [0.2, 0.25) is 0 Å². The van der Waals surface area contributed by atoms with E-state index in [9.17, 15) is 9.90 Å². The van der Waals surface area contributed by atoms with Crippen molar-refractivity contribution in [2.24, 2.45) is 10.9 Å². The van der Waals surface area contributed by atoms with E-state index in [0.29, 0.717) is 6.54 Å². The number of nitrogens with zero attached hydrogens (tertiary/aromatic N) is 1. The highest BCUT2D eigenvalue weighted by Gasteiger charge is 2.32. The number of carbonyl (C=O) groups excluding carboxylic acids is 1. The molecule has 1 saturated heterocycles. The maximum absolute atomic E-state index is 12.3. The molecule has 0 radical (unpaired) electrons. The first-order chi connectivity index (χ1) is 11.9. The molecule has 2 fully saturated rings. The van der Waals surface area contributed by atoms with E-state index in [2.05, 4.69) is 20.9 Å². The zero-order valence-electron chi connectivity index (χ0n) is 15.8. The highest BCUT2D eigenvalue weighted by atomic mass is 32.2. The van der Waals surface area contributed by atoms with Crippen LogP contribution in [0.15, 0.2) is 4.99 Å². The van der Waals surface area contributed by atoms with Gasteiger partial charge in [0.2, 0.25) is 5.91 Å². The summed E-state index contributed by atoms with van der Waals surface area (Å²) in [5.74, 6) is 2.76. The molecule has 2 aliphatic rings. The number of hydrogen-bond donors (Lipinski definition) is 4. The van der Waals surface area contributed by atoms with Crippen molar-refractivity contribution in [1.82, 2.24) is 16.0 Å². The summed E-state index contributed by atoms with van der Waals surface area (Å²) in [6, 6.07) is 0.437. The lowest BCUT2D eigenvalue weighted by molar-refractivity contribution is -0.126. The Labute approximate surface area is 156 Å². The monoisotopic (exact) mass is 370 g/mol. The fraction of sp³-hybridized carbons (Fsp3) is 0.889. The number of guanidine groups is 1. The topological polar surface area (TPSA) is 85.8 Å². The van der Waals surface area contributed by atoms with Crippen LogP contribution in [0.25, 0.3) is 0 Å². The second-order valence-corrected chi connectivity index (χ2v) is 8.70. The molecule has 25 heavy (non-hydrogen) atoms. The van der Waals surface area contributed by atoms with E-state index in [1.807, 2.05) is 20.8 Å². The summed E-state index contributed by atoms with van der Waals surface area (Å²) in [4.78, 5) is 16.9. The lowest BCUT2D eigenvalue weighted by Gasteiger charge is -2.31. The van der Waals surface area contributed by atoms with Crippen molar-refractivity contribution in [2.45, 2.75) is 70.6 Å². The summed E-state index contributed by atoms with van der Waals surface area (Å²) in [6.45, 7) is 7.25. The van der Waals surface area contributed by atoms with E-state index < -0.39 is 5.60 Å². The SMILES string of the molecule is CCNC(=NCC1(O)CCSC1)NC1CCCC(C(=O)NC(C)C)C1. The summed E-state index contributed by atoms with van der Waals surface area (Å²) < 4.78 is 0. The van der Waals surface area contributed by atoms with Crippen molar-refractivity contribution < 1.29 is 9.90 Å². The first kappa shape index (κ1) is 20.4. The van der Waals surface area contributed by atoms with E-state index in [0.717, 1.165) is 56.1 Å². The van der Waals surface area contributed by atoms with E-state index >= 15 is 0 Å². The van der Waals surface area contributed by atoms with Gasteiger partial charge in [0.1, 0.15) is 0 Å². The molecule has 2 rings (SSSR count). The van der Waals surface area contributed by atoms with Crippen LogP contribution in [0.1, 0.15) is 52.9 Å². The maximum Gasteiger partial charge on any atom is 0.223 e. The van der Waals surface area contributed by atoms with Crippen molar-refractivity contribution >= 4 is 23.6 Å². The van der Waals surface area contributed by atoms with Gasteiger partial charge in [0.25, 0.3) is 0 Å². The van der Waals surface area contributed by atoms with Gasteiger partial charge in [-0.2, -0.15) is 11.8 Å². The quantitative estimate of drug-likeness (QED) is 0.420. The third-order valence-electron chi connectivity index (χ3n) is 4.77. The molecule has 0 aromatic heterocycles. The normalized spacial score (nSPS) is 30.4. The Hall–Kier alpha value is -0.950. The lowest BCUT2D eigenvalue weighted by Crippen LogP contribution is -2.48. The average molecular weight is 371 g/mol. The molecule has 0 bridgehead atoms. The van der Waals surface area contributed by atoms with Crippen LogP contribution in [-0.4, -0.2) is 59.3 Å². The minimum atomic E-state index is -0.667. The van der Waals surface area contributed by atoms with Crippen LogP contribution in [0.5, 0.6) is 0 Å². The highest BCUT2D eigenvalue weighted by Crippen LogP contribution is 2.28. The number of amides is 1. The van der Waals surface area contributed by atoms with Gasteiger partial charge in [0.15, 0.2) is 5.96 Å². The Bertz CT molecular complexity index is 464. The van der Waals surface area contributed by atoms with Gasteiger partial charge in [-0.3, -0.25) is 9.79 Å². The molecule has 6 nitrogen and oxygen atoms in total. The van der Waals surface area contributed by atoms with Crippen molar-refractivity contribution in [2.75, 3.05) is 24.6 Å². The number of carbonyl (C=O) groups is 1. The first-order valence-electron chi connectivity index (χ1n) is 9.57.